The average molecular weight is 385 g/mol. The van der Waals surface area contributed by atoms with Crippen LogP contribution >= 0.6 is 11.3 Å². The molecule has 0 unspecified atom stereocenters. The summed E-state index contributed by atoms with van der Waals surface area (Å²) in [6.45, 7) is 6.86. The van der Waals surface area contributed by atoms with Crippen molar-refractivity contribution in [2.75, 3.05) is 26.2 Å². The number of hydrogen-bond donors (Lipinski definition) is 1. The second kappa shape index (κ2) is 8.55. The maximum atomic E-state index is 11.0. The first-order chi connectivity index (χ1) is 13.2. The minimum absolute atomic E-state index is 0.371. The van der Waals surface area contributed by atoms with Gasteiger partial charge >= 0.3 is 5.97 Å². The Balaban J connectivity index is 1.34. The standard InChI is InChI=1S/C22H28N2O2S/c25-22(26)19-7-5-18(6-8-19)20-4-3-11-24(14-20)15-21-12-17(16-27-21)13-23-9-1-2-10-23/h5-8,12,16,20H,1-4,9-11,13-15H2,(H,25,26)/t20-/m0/s1. The SMILES string of the molecule is O=C(O)c1ccc([C@H]2CCCN(Cc3cc(CN4CCCC4)cs3)C2)cc1. The molecule has 2 aliphatic rings. The summed E-state index contributed by atoms with van der Waals surface area (Å²) < 4.78 is 0. The zero-order valence-electron chi connectivity index (χ0n) is 15.8. The topological polar surface area (TPSA) is 43.8 Å². The summed E-state index contributed by atoms with van der Waals surface area (Å²) in [6.07, 6.45) is 5.09. The van der Waals surface area contributed by atoms with Crippen molar-refractivity contribution < 1.29 is 9.90 Å². The van der Waals surface area contributed by atoms with Gasteiger partial charge in [0.2, 0.25) is 0 Å². The highest BCUT2D eigenvalue weighted by Gasteiger charge is 2.22. The van der Waals surface area contributed by atoms with E-state index in [1.165, 1.54) is 54.8 Å². The van der Waals surface area contributed by atoms with Crippen molar-refractivity contribution in [2.24, 2.45) is 0 Å². The summed E-state index contributed by atoms with van der Waals surface area (Å²) in [5.74, 6) is -0.347. The predicted molar refractivity (Wildman–Crippen MR) is 109 cm³/mol. The second-order valence-corrected chi connectivity index (χ2v) is 8.90. The number of nitrogens with zero attached hydrogens (tertiary/aromatic N) is 2. The van der Waals surface area contributed by atoms with E-state index in [2.05, 4.69) is 21.2 Å². The van der Waals surface area contributed by atoms with Gasteiger partial charge < -0.3 is 5.11 Å². The first kappa shape index (κ1) is 18.7. The summed E-state index contributed by atoms with van der Waals surface area (Å²) >= 11 is 1.90. The van der Waals surface area contributed by atoms with Crippen LogP contribution in [0.25, 0.3) is 0 Å². The number of likely N-dealkylation sites (tertiary alicyclic amines) is 2. The Morgan fingerprint density at radius 3 is 2.52 bits per heavy atom. The van der Waals surface area contributed by atoms with Gasteiger partial charge in [-0.1, -0.05) is 12.1 Å². The minimum Gasteiger partial charge on any atom is -0.478 e. The molecule has 27 heavy (non-hydrogen) atoms. The molecular formula is C22H28N2O2S. The molecule has 2 saturated heterocycles. The average Bonchev–Trinajstić information content (AvgIpc) is 3.35. The van der Waals surface area contributed by atoms with Gasteiger partial charge in [-0.05, 0) is 85.9 Å². The van der Waals surface area contributed by atoms with Crippen molar-refractivity contribution in [2.45, 2.75) is 44.7 Å². The third kappa shape index (κ3) is 4.78. The van der Waals surface area contributed by atoms with E-state index in [0.717, 1.165) is 26.2 Å². The molecule has 0 saturated carbocycles. The van der Waals surface area contributed by atoms with Gasteiger partial charge in [-0.2, -0.15) is 0 Å². The molecule has 0 amide bonds. The predicted octanol–water partition coefficient (Wildman–Crippen LogP) is 4.42. The lowest BCUT2D eigenvalue weighted by molar-refractivity contribution is 0.0697. The Hall–Kier alpha value is -1.69. The summed E-state index contributed by atoms with van der Waals surface area (Å²) in [5, 5.41) is 11.4. The van der Waals surface area contributed by atoms with E-state index in [1.807, 2.05) is 23.5 Å². The van der Waals surface area contributed by atoms with Crippen molar-refractivity contribution in [3.63, 3.8) is 0 Å². The van der Waals surface area contributed by atoms with E-state index < -0.39 is 5.97 Å². The van der Waals surface area contributed by atoms with Crippen LogP contribution < -0.4 is 0 Å². The Kier molecular flexibility index (Phi) is 5.91. The quantitative estimate of drug-likeness (QED) is 0.801. The van der Waals surface area contributed by atoms with Gasteiger partial charge in [0.1, 0.15) is 0 Å². The molecule has 2 aromatic rings. The van der Waals surface area contributed by atoms with Crippen molar-refractivity contribution >= 4 is 17.3 Å². The number of aromatic carboxylic acids is 1. The van der Waals surface area contributed by atoms with Gasteiger partial charge in [0.15, 0.2) is 0 Å². The lowest BCUT2D eigenvalue weighted by Gasteiger charge is -2.32. The molecule has 4 rings (SSSR count). The molecule has 0 radical (unpaired) electrons. The van der Waals surface area contributed by atoms with Crippen LogP contribution in [0.1, 0.15) is 58.0 Å². The van der Waals surface area contributed by atoms with E-state index in [9.17, 15) is 4.79 Å². The first-order valence-electron chi connectivity index (χ1n) is 10.0. The zero-order valence-corrected chi connectivity index (χ0v) is 16.6. The number of rotatable bonds is 6. The van der Waals surface area contributed by atoms with Gasteiger partial charge in [-0.15, -0.1) is 11.3 Å². The molecular weight excluding hydrogens is 356 g/mol. The van der Waals surface area contributed by atoms with Gasteiger partial charge in [0, 0.05) is 24.5 Å². The van der Waals surface area contributed by atoms with Crippen LogP contribution in [0.4, 0.5) is 0 Å². The van der Waals surface area contributed by atoms with Crippen LogP contribution in [0.15, 0.2) is 35.7 Å². The molecule has 0 spiro atoms. The van der Waals surface area contributed by atoms with Crippen LogP contribution in [-0.2, 0) is 13.1 Å². The molecule has 2 aliphatic heterocycles. The molecule has 1 atom stereocenters. The van der Waals surface area contributed by atoms with Crippen LogP contribution in [0.3, 0.4) is 0 Å². The summed E-state index contributed by atoms with van der Waals surface area (Å²) in [7, 11) is 0. The lowest BCUT2D eigenvalue weighted by Crippen LogP contribution is -2.33. The van der Waals surface area contributed by atoms with Gasteiger partial charge in [-0.25, -0.2) is 4.79 Å². The lowest BCUT2D eigenvalue weighted by atomic mass is 9.90. The van der Waals surface area contributed by atoms with E-state index >= 15 is 0 Å². The maximum absolute atomic E-state index is 11.0. The summed E-state index contributed by atoms with van der Waals surface area (Å²) in [6, 6.07) is 9.86. The highest BCUT2D eigenvalue weighted by atomic mass is 32.1. The van der Waals surface area contributed by atoms with Crippen LogP contribution in [0, 0.1) is 0 Å². The number of carboxylic acids is 1. The smallest absolute Gasteiger partial charge is 0.335 e. The molecule has 0 bridgehead atoms. The highest BCUT2D eigenvalue weighted by Crippen LogP contribution is 2.29. The molecule has 144 valence electrons. The molecule has 3 heterocycles. The second-order valence-electron chi connectivity index (χ2n) is 7.91. The Morgan fingerprint density at radius 2 is 1.78 bits per heavy atom. The van der Waals surface area contributed by atoms with Crippen molar-refractivity contribution in [1.29, 1.82) is 0 Å². The van der Waals surface area contributed by atoms with Crippen LogP contribution in [0.2, 0.25) is 0 Å². The fraction of sp³-hybridized carbons (Fsp3) is 0.500. The molecule has 4 nitrogen and oxygen atoms in total. The van der Waals surface area contributed by atoms with Gasteiger partial charge in [0.25, 0.3) is 0 Å². The molecule has 1 N–H and O–H groups in total. The molecule has 1 aromatic heterocycles. The number of hydrogen-bond acceptors (Lipinski definition) is 4. The first-order valence-corrected chi connectivity index (χ1v) is 10.9. The normalized spacial score (nSPS) is 21.6. The minimum atomic E-state index is -0.853. The van der Waals surface area contributed by atoms with Gasteiger partial charge in [-0.3, -0.25) is 9.80 Å². The van der Waals surface area contributed by atoms with E-state index in [1.54, 1.807) is 12.1 Å². The number of piperidine rings is 1. The molecule has 2 fully saturated rings. The molecule has 1 aromatic carbocycles. The van der Waals surface area contributed by atoms with Crippen molar-refractivity contribution in [1.82, 2.24) is 9.80 Å². The number of thiophene rings is 1. The monoisotopic (exact) mass is 384 g/mol. The van der Waals surface area contributed by atoms with Crippen LogP contribution in [-0.4, -0.2) is 47.1 Å². The van der Waals surface area contributed by atoms with Gasteiger partial charge in [0.05, 0.1) is 5.56 Å². The summed E-state index contributed by atoms with van der Waals surface area (Å²) in [4.78, 5) is 17.6. The number of benzene rings is 1. The fourth-order valence-corrected chi connectivity index (χ4v) is 5.30. The Morgan fingerprint density at radius 1 is 1.04 bits per heavy atom. The van der Waals surface area contributed by atoms with Crippen molar-refractivity contribution in [3.8, 4) is 0 Å². The number of carboxylic acid groups (broad SMARTS) is 1. The fourth-order valence-electron chi connectivity index (χ4n) is 4.38. The summed E-state index contributed by atoms with van der Waals surface area (Å²) in [5.41, 5.74) is 3.11. The maximum Gasteiger partial charge on any atom is 0.335 e. The number of carbonyl (C=O) groups is 1. The third-order valence-electron chi connectivity index (χ3n) is 5.83. The molecule has 0 aliphatic carbocycles. The largest absolute Gasteiger partial charge is 0.478 e. The Labute approximate surface area is 165 Å². The van der Waals surface area contributed by atoms with E-state index in [4.69, 9.17) is 5.11 Å². The molecule has 5 heteroatoms. The van der Waals surface area contributed by atoms with E-state index in [0.29, 0.717) is 11.5 Å². The van der Waals surface area contributed by atoms with Crippen LogP contribution in [0.5, 0.6) is 0 Å². The Bertz CT molecular complexity index is 765. The third-order valence-corrected chi connectivity index (χ3v) is 6.80. The van der Waals surface area contributed by atoms with Crippen molar-refractivity contribution in [3.05, 3.63) is 57.3 Å². The highest BCUT2D eigenvalue weighted by molar-refractivity contribution is 7.10. The van der Waals surface area contributed by atoms with E-state index in [-0.39, 0.29) is 0 Å². The zero-order chi connectivity index (χ0) is 18.6.